The van der Waals surface area contributed by atoms with Gasteiger partial charge >= 0.3 is 0 Å². The summed E-state index contributed by atoms with van der Waals surface area (Å²) in [6, 6.07) is 6.35. The molecular formula is C15H18FN3O. The van der Waals surface area contributed by atoms with Gasteiger partial charge in [0.2, 0.25) is 5.91 Å². The van der Waals surface area contributed by atoms with Crippen LogP contribution in [0.5, 0.6) is 0 Å². The predicted octanol–water partition coefficient (Wildman–Crippen LogP) is 2.45. The zero-order valence-electron chi connectivity index (χ0n) is 11.8. The molecule has 0 bridgehead atoms. The number of aromatic nitrogens is 2. The Morgan fingerprint density at radius 3 is 2.70 bits per heavy atom. The summed E-state index contributed by atoms with van der Waals surface area (Å²) in [5, 5.41) is 9.53. The number of nitrogens with zero attached hydrogens (tertiary/aromatic N) is 1. The minimum Gasteiger partial charge on any atom is -0.351 e. The molecule has 0 atom stereocenters. The van der Waals surface area contributed by atoms with Crippen LogP contribution in [0.15, 0.2) is 30.5 Å². The van der Waals surface area contributed by atoms with Crippen molar-refractivity contribution < 1.29 is 9.18 Å². The summed E-state index contributed by atoms with van der Waals surface area (Å²) in [5.41, 5.74) is 1.29. The molecule has 0 aliphatic heterocycles. The molecule has 2 aromatic rings. The van der Waals surface area contributed by atoms with Crippen molar-refractivity contribution in [2.75, 3.05) is 0 Å². The number of hydrogen-bond donors (Lipinski definition) is 2. The molecule has 106 valence electrons. The first-order valence-electron chi connectivity index (χ1n) is 6.45. The number of benzene rings is 1. The van der Waals surface area contributed by atoms with E-state index in [4.69, 9.17) is 0 Å². The number of carbonyl (C=O) groups is 1. The van der Waals surface area contributed by atoms with Crippen molar-refractivity contribution in [3.63, 3.8) is 0 Å². The molecule has 0 saturated heterocycles. The van der Waals surface area contributed by atoms with Gasteiger partial charge in [-0.3, -0.25) is 9.89 Å². The molecule has 0 saturated carbocycles. The fourth-order valence-corrected chi connectivity index (χ4v) is 2.04. The van der Waals surface area contributed by atoms with E-state index >= 15 is 0 Å². The molecule has 0 unspecified atom stereocenters. The number of H-pyrrole nitrogens is 1. The largest absolute Gasteiger partial charge is 0.351 e. The summed E-state index contributed by atoms with van der Waals surface area (Å²) in [6.07, 6.45) is 1.67. The Hall–Kier alpha value is -2.17. The maximum absolute atomic E-state index is 13.8. The lowest BCUT2D eigenvalue weighted by atomic mass is 9.83. The second-order valence-electron chi connectivity index (χ2n) is 5.31. The van der Waals surface area contributed by atoms with E-state index < -0.39 is 5.41 Å². The van der Waals surface area contributed by atoms with Gasteiger partial charge in [-0.1, -0.05) is 18.2 Å². The lowest BCUT2D eigenvalue weighted by Gasteiger charge is -2.24. The Labute approximate surface area is 117 Å². The second-order valence-corrected chi connectivity index (χ2v) is 5.31. The van der Waals surface area contributed by atoms with Crippen LogP contribution in [-0.2, 0) is 16.8 Å². The van der Waals surface area contributed by atoms with Crippen LogP contribution in [0.1, 0.15) is 30.7 Å². The average Bonchev–Trinajstić information content (AvgIpc) is 2.81. The molecule has 0 radical (unpaired) electrons. The highest BCUT2D eigenvalue weighted by Gasteiger charge is 2.32. The SMILES string of the molecule is Cc1[nH]ncc1CNC(=O)C(C)(C)c1ccccc1F. The summed E-state index contributed by atoms with van der Waals surface area (Å²) in [6.45, 7) is 5.68. The molecule has 20 heavy (non-hydrogen) atoms. The standard InChI is InChI=1S/C15H18FN3O/c1-10-11(9-18-19-10)8-17-14(20)15(2,3)12-6-4-5-7-13(12)16/h4-7,9H,8H2,1-3H3,(H,17,20)(H,18,19). The average molecular weight is 275 g/mol. The first kappa shape index (κ1) is 14.2. The number of halogens is 1. The van der Waals surface area contributed by atoms with Gasteiger partial charge in [0, 0.05) is 23.4 Å². The van der Waals surface area contributed by atoms with E-state index in [-0.39, 0.29) is 11.7 Å². The van der Waals surface area contributed by atoms with Gasteiger partial charge in [-0.2, -0.15) is 5.10 Å². The first-order valence-corrected chi connectivity index (χ1v) is 6.45. The van der Waals surface area contributed by atoms with E-state index in [1.165, 1.54) is 6.07 Å². The monoisotopic (exact) mass is 275 g/mol. The number of hydrogen-bond acceptors (Lipinski definition) is 2. The van der Waals surface area contributed by atoms with Gasteiger partial charge in [-0.25, -0.2) is 4.39 Å². The number of amides is 1. The van der Waals surface area contributed by atoms with E-state index in [9.17, 15) is 9.18 Å². The van der Waals surface area contributed by atoms with Crippen LogP contribution in [0.25, 0.3) is 0 Å². The normalized spacial score (nSPS) is 11.4. The van der Waals surface area contributed by atoms with Crippen LogP contribution < -0.4 is 5.32 Å². The molecule has 1 aromatic heterocycles. The summed E-state index contributed by atoms with van der Waals surface area (Å²) in [7, 11) is 0. The molecule has 5 heteroatoms. The lowest BCUT2D eigenvalue weighted by molar-refractivity contribution is -0.125. The van der Waals surface area contributed by atoms with Gasteiger partial charge in [0.05, 0.1) is 11.6 Å². The maximum atomic E-state index is 13.8. The summed E-state index contributed by atoms with van der Waals surface area (Å²) in [5.74, 6) is -0.588. The third-order valence-corrected chi connectivity index (χ3v) is 3.49. The Morgan fingerprint density at radius 2 is 2.10 bits per heavy atom. The van der Waals surface area contributed by atoms with Crippen molar-refractivity contribution in [1.29, 1.82) is 0 Å². The highest BCUT2D eigenvalue weighted by molar-refractivity contribution is 5.87. The fraction of sp³-hybridized carbons (Fsp3) is 0.333. The van der Waals surface area contributed by atoms with E-state index in [1.807, 2.05) is 6.92 Å². The van der Waals surface area contributed by atoms with Crippen molar-refractivity contribution in [3.8, 4) is 0 Å². The Kier molecular flexibility index (Phi) is 3.88. The van der Waals surface area contributed by atoms with Crippen molar-refractivity contribution in [2.24, 2.45) is 0 Å². The van der Waals surface area contributed by atoms with Gasteiger partial charge in [-0.05, 0) is 26.8 Å². The van der Waals surface area contributed by atoms with E-state index in [0.717, 1.165) is 11.3 Å². The number of nitrogens with one attached hydrogen (secondary N) is 2. The number of aryl methyl sites for hydroxylation is 1. The van der Waals surface area contributed by atoms with Crippen LogP contribution in [-0.4, -0.2) is 16.1 Å². The van der Waals surface area contributed by atoms with Crippen LogP contribution >= 0.6 is 0 Å². The van der Waals surface area contributed by atoms with Gasteiger partial charge in [-0.15, -0.1) is 0 Å². The second kappa shape index (κ2) is 5.45. The van der Waals surface area contributed by atoms with Gasteiger partial charge < -0.3 is 5.32 Å². The van der Waals surface area contributed by atoms with Crippen molar-refractivity contribution in [1.82, 2.24) is 15.5 Å². The zero-order chi connectivity index (χ0) is 14.8. The van der Waals surface area contributed by atoms with Gasteiger partial charge in [0.25, 0.3) is 0 Å². The number of carbonyl (C=O) groups excluding carboxylic acids is 1. The molecule has 4 nitrogen and oxygen atoms in total. The quantitative estimate of drug-likeness (QED) is 0.900. The molecule has 0 fully saturated rings. The molecule has 2 rings (SSSR count). The topological polar surface area (TPSA) is 57.8 Å². The first-order chi connectivity index (χ1) is 9.43. The Bertz CT molecular complexity index is 619. The van der Waals surface area contributed by atoms with Crippen molar-refractivity contribution in [2.45, 2.75) is 32.7 Å². The van der Waals surface area contributed by atoms with Crippen molar-refractivity contribution >= 4 is 5.91 Å². The number of rotatable bonds is 4. The predicted molar refractivity (Wildman–Crippen MR) is 74.6 cm³/mol. The highest BCUT2D eigenvalue weighted by Crippen LogP contribution is 2.26. The van der Waals surface area contributed by atoms with Crippen LogP contribution in [0.4, 0.5) is 4.39 Å². The van der Waals surface area contributed by atoms with Crippen LogP contribution in [0.3, 0.4) is 0 Å². The van der Waals surface area contributed by atoms with Crippen LogP contribution in [0, 0.1) is 12.7 Å². The maximum Gasteiger partial charge on any atom is 0.230 e. The van der Waals surface area contributed by atoms with Crippen LogP contribution in [0.2, 0.25) is 0 Å². The minimum atomic E-state index is -0.928. The molecule has 2 N–H and O–H groups in total. The fourth-order valence-electron chi connectivity index (χ4n) is 2.04. The summed E-state index contributed by atoms with van der Waals surface area (Å²) < 4.78 is 13.8. The Balaban J connectivity index is 2.12. The van der Waals surface area contributed by atoms with Gasteiger partial charge in [0.1, 0.15) is 5.82 Å². The number of aromatic amines is 1. The Morgan fingerprint density at radius 1 is 1.40 bits per heavy atom. The molecule has 0 aliphatic carbocycles. The molecule has 1 heterocycles. The minimum absolute atomic E-state index is 0.219. The third-order valence-electron chi connectivity index (χ3n) is 3.49. The zero-order valence-corrected chi connectivity index (χ0v) is 11.8. The molecular weight excluding hydrogens is 257 g/mol. The highest BCUT2D eigenvalue weighted by atomic mass is 19.1. The van der Waals surface area contributed by atoms with Gasteiger partial charge in [0.15, 0.2) is 0 Å². The smallest absolute Gasteiger partial charge is 0.230 e. The molecule has 0 spiro atoms. The van der Waals surface area contributed by atoms with E-state index in [1.54, 1.807) is 38.2 Å². The van der Waals surface area contributed by atoms with E-state index in [2.05, 4.69) is 15.5 Å². The molecule has 0 aliphatic rings. The lowest BCUT2D eigenvalue weighted by Crippen LogP contribution is -2.40. The summed E-state index contributed by atoms with van der Waals surface area (Å²) >= 11 is 0. The molecule has 1 aromatic carbocycles. The third kappa shape index (κ3) is 2.71. The summed E-state index contributed by atoms with van der Waals surface area (Å²) in [4.78, 5) is 12.3. The van der Waals surface area contributed by atoms with Crippen molar-refractivity contribution in [3.05, 3.63) is 53.1 Å². The molecule has 1 amide bonds. The van der Waals surface area contributed by atoms with E-state index in [0.29, 0.717) is 12.1 Å².